The van der Waals surface area contributed by atoms with Crippen molar-refractivity contribution in [2.45, 2.75) is 37.5 Å². The lowest BCUT2D eigenvalue weighted by molar-refractivity contribution is 0.530. The zero-order valence-electron chi connectivity index (χ0n) is 11.2. The first-order chi connectivity index (χ1) is 8.99. The van der Waals surface area contributed by atoms with Crippen molar-refractivity contribution in [2.75, 3.05) is 18.4 Å². The molecular weight excluding hydrogens is 260 g/mol. The largest absolute Gasteiger partial charge is 0.385 e. The molecule has 0 amide bonds. The quantitative estimate of drug-likeness (QED) is 0.888. The van der Waals surface area contributed by atoms with Gasteiger partial charge in [0.15, 0.2) is 0 Å². The van der Waals surface area contributed by atoms with E-state index < -0.39 is 10.0 Å². The second-order valence-electron chi connectivity index (χ2n) is 5.98. The van der Waals surface area contributed by atoms with Crippen LogP contribution in [0.25, 0.3) is 0 Å². The summed E-state index contributed by atoms with van der Waals surface area (Å²) in [5.74, 6) is 0. The molecule has 3 rings (SSSR count). The minimum atomic E-state index is -3.38. The van der Waals surface area contributed by atoms with Gasteiger partial charge in [0, 0.05) is 18.8 Å². The molecule has 5 heteroatoms. The van der Waals surface area contributed by atoms with Crippen LogP contribution in [0.15, 0.2) is 23.1 Å². The van der Waals surface area contributed by atoms with E-state index in [1.165, 1.54) is 5.56 Å². The monoisotopic (exact) mass is 280 g/mol. The van der Waals surface area contributed by atoms with Crippen molar-refractivity contribution in [3.05, 3.63) is 23.8 Å². The van der Waals surface area contributed by atoms with Crippen LogP contribution in [0.4, 0.5) is 5.69 Å². The molecule has 1 aliphatic heterocycles. The molecule has 1 fully saturated rings. The molecule has 104 valence electrons. The van der Waals surface area contributed by atoms with Crippen molar-refractivity contribution in [2.24, 2.45) is 5.41 Å². The molecule has 0 unspecified atom stereocenters. The summed E-state index contributed by atoms with van der Waals surface area (Å²) in [6, 6.07) is 5.39. The van der Waals surface area contributed by atoms with E-state index >= 15 is 0 Å². The number of rotatable bonds is 4. The molecule has 0 radical (unpaired) electrons. The lowest BCUT2D eigenvalue weighted by Gasteiger charge is -2.19. The van der Waals surface area contributed by atoms with Crippen LogP contribution in [0.3, 0.4) is 0 Å². The van der Waals surface area contributed by atoms with Gasteiger partial charge in [0.2, 0.25) is 10.0 Å². The van der Waals surface area contributed by atoms with Gasteiger partial charge in [-0.15, -0.1) is 0 Å². The van der Waals surface area contributed by atoms with Crippen LogP contribution in [-0.4, -0.2) is 21.5 Å². The number of fused-ring (bicyclic) bond motifs is 1. The molecule has 1 aromatic rings. The minimum absolute atomic E-state index is 0.180. The van der Waals surface area contributed by atoms with E-state index in [0.29, 0.717) is 11.4 Å². The maximum Gasteiger partial charge on any atom is 0.240 e. The average Bonchev–Trinajstić information content (AvgIpc) is 3.15. The maximum absolute atomic E-state index is 12.3. The number of hydrogen-bond donors (Lipinski definition) is 2. The fourth-order valence-corrected chi connectivity index (χ4v) is 3.58. The van der Waals surface area contributed by atoms with Gasteiger partial charge in [-0.3, -0.25) is 0 Å². The molecule has 0 spiro atoms. The Morgan fingerprint density at radius 3 is 2.89 bits per heavy atom. The van der Waals surface area contributed by atoms with Crippen LogP contribution in [-0.2, 0) is 16.4 Å². The topological polar surface area (TPSA) is 58.2 Å². The Kier molecular flexibility index (Phi) is 3.06. The van der Waals surface area contributed by atoms with E-state index in [-0.39, 0.29) is 5.41 Å². The van der Waals surface area contributed by atoms with Crippen molar-refractivity contribution in [3.8, 4) is 0 Å². The zero-order chi connectivity index (χ0) is 13.5. The van der Waals surface area contributed by atoms with Crippen molar-refractivity contribution in [3.63, 3.8) is 0 Å². The smallest absolute Gasteiger partial charge is 0.240 e. The fourth-order valence-electron chi connectivity index (χ4n) is 2.35. The molecule has 0 atom stereocenters. The first kappa shape index (κ1) is 12.9. The molecule has 19 heavy (non-hydrogen) atoms. The van der Waals surface area contributed by atoms with E-state index in [4.69, 9.17) is 0 Å². The van der Waals surface area contributed by atoms with Crippen molar-refractivity contribution < 1.29 is 8.42 Å². The molecule has 2 aliphatic rings. The van der Waals surface area contributed by atoms with E-state index in [9.17, 15) is 8.42 Å². The predicted molar refractivity (Wildman–Crippen MR) is 75.8 cm³/mol. The number of sulfonamides is 1. The molecule has 2 N–H and O–H groups in total. The highest BCUT2D eigenvalue weighted by Gasteiger charge is 2.38. The molecule has 1 saturated carbocycles. The van der Waals surface area contributed by atoms with Gasteiger partial charge in [0.1, 0.15) is 0 Å². The van der Waals surface area contributed by atoms with Gasteiger partial charge in [-0.1, -0.05) is 13.0 Å². The molecule has 4 nitrogen and oxygen atoms in total. The van der Waals surface area contributed by atoms with E-state index in [0.717, 1.165) is 37.9 Å². The summed E-state index contributed by atoms with van der Waals surface area (Å²) in [5.41, 5.74) is 2.35. The third kappa shape index (κ3) is 2.77. The Balaban J connectivity index is 1.80. The molecule has 0 bridgehead atoms. The number of benzene rings is 1. The van der Waals surface area contributed by atoms with E-state index in [1.807, 2.05) is 6.07 Å². The Bertz CT molecular complexity index is 591. The van der Waals surface area contributed by atoms with Gasteiger partial charge in [0.05, 0.1) is 4.90 Å². The van der Waals surface area contributed by atoms with Crippen LogP contribution in [0, 0.1) is 5.41 Å². The molecule has 1 heterocycles. The van der Waals surface area contributed by atoms with E-state index in [1.54, 1.807) is 12.1 Å². The lowest BCUT2D eigenvalue weighted by Crippen LogP contribution is -2.29. The summed E-state index contributed by atoms with van der Waals surface area (Å²) < 4.78 is 27.2. The van der Waals surface area contributed by atoms with Gasteiger partial charge in [0.25, 0.3) is 0 Å². The van der Waals surface area contributed by atoms with E-state index in [2.05, 4.69) is 17.0 Å². The summed E-state index contributed by atoms with van der Waals surface area (Å²) in [7, 11) is -3.38. The van der Waals surface area contributed by atoms with Gasteiger partial charge in [-0.05, 0) is 48.8 Å². The van der Waals surface area contributed by atoms with Crippen LogP contribution >= 0.6 is 0 Å². The summed E-state index contributed by atoms with van der Waals surface area (Å²) >= 11 is 0. The summed E-state index contributed by atoms with van der Waals surface area (Å²) in [6.07, 6.45) is 4.35. The maximum atomic E-state index is 12.3. The summed E-state index contributed by atoms with van der Waals surface area (Å²) in [4.78, 5) is 0.366. The first-order valence-corrected chi connectivity index (χ1v) is 8.33. The lowest BCUT2D eigenvalue weighted by atomic mass is 10.0. The predicted octanol–water partition coefficient (Wildman–Crippen LogP) is 2.12. The van der Waals surface area contributed by atoms with Crippen LogP contribution < -0.4 is 10.0 Å². The first-order valence-electron chi connectivity index (χ1n) is 6.85. The van der Waals surface area contributed by atoms with Crippen molar-refractivity contribution in [1.82, 2.24) is 4.72 Å². The standard InChI is InChI=1S/C14H20N2O2S/c1-14(6-7-14)10-16-19(17,18)12-5-4-11-3-2-8-15-13(11)9-12/h4-5,9,15-16H,2-3,6-8,10H2,1H3. The van der Waals surface area contributed by atoms with Crippen LogP contribution in [0.1, 0.15) is 31.7 Å². The Morgan fingerprint density at radius 2 is 2.16 bits per heavy atom. The fraction of sp³-hybridized carbons (Fsp3) is 0.571. The Labute approximate surface area is 114 Å². The number of nitrogens with one attached hydrogen (secondary N) is 2. The zero-order valence-corrected chi connectivity index (χ0v) is 12.0. The highest BCUT2D eigenvalue weighted by atomic mass is 32.2. The van der Waals surface area contributed by atoms with Crippen LogP contribution in [0.2, 0.25) is 0 Å². The molecule has 0 saturated heterocycles. The van der Waals surface area contributed by atoms with Crippen molar-refractivity contribution in [1.29, 1.82) is 0 Å². The molecular formula is C14H20N2O2S. The van der Waals surface area contributed by atoms with Crippen LogP contribution in [0.5, 0.6) is 0 Å². The minimum Gasteiger partial charge on any atom is -0.385 e. The third-order valence-electron chi connectivity index (χ3n) is 4.12. The summed E-state index contributed by atoms with van der Waals surface area (Å²) in [5, 5.41) is 3.27. The SMILES string of the molecule is CC1(CNS(=O)(=O)c2ccc3c(c2)NCCC3)CC1. The number of aryl methyl sites for hydroxylation is 1. The Morgan fingerprint density at radius 1 is 1.37 bits per heavy atom. The van der Waals surface area contributed by atoms with Crippen molar-refractivity contribution >= 4 is 15.7 Å². The molecule has 1 aliphatic carbocycles. The van der Waals surface area contributed by atoms with Gasteiger partial charge in [-0.25, -0.2) is 13.1 Å². The Hall–Kier alpha value is -1.07. The average molecular weight is 280 g/mol. The second kappa shape index (κ2) is 4.49. The molecule has 1 aromatic carbocycles. The number of hydrogen-bond acceptors (Lipinski definition) is 3. The second-order valence-corrected chi connectivity index (χ2v) is 7.75. The van der Waals surface area contributed by atoms with Gasteiger partial charge >= 0.3 is 0 Å². The highest BCUT2D eigenvalue weighted by molar-refractivity contribution is 7.89. The summed E-state index contributed by atoms with van der Waals surface area (Å²) in [6.45, 7) is 3.58. The van der Waals surface area contributed by atoms with Gasteiger partial charge in [-0.2, -0.15) is 0 Å². The van der Waals surface area contributed by atoms with Gasteiger partial charge < -0.3 is 5.32 Å². The normalized spacial score (nSPS) is 20.5. The highest BCUT2D eigenvalue weighted by Crippen LogP contribution is 2.44. The third-order valence-corrected chi connectivity index (χ3v) is 5.52. The number of anilines is 1. The molecule has 0 aromatic heterocycles.